The molecule has 252 valence electrons. The topological polar surface area (TPSA) is 123 Å². The lowest BCUT2D eigenvalue weighted by molar-refractivity contribution is -0.0446. The fourth-order valence-electron chi connectivity index (χ4n) is 5.10. The quantitative estimate of drug-likeness (QED) is 0.143. The van der Waals surface area contributed by atoms with Crippen LogP contribution in [-0.2, 0) is 23.0 Å². The van der Waals surface area contributed by atoms with Gasteiger partial charge in [-0.1, -0.05) is 75.6 Å². The number of carbonyl (C=O) groups excluding carboxylic acids is 2. The maximum absolute atomic E-state index is 12.7. The van der Waals surface area contributed by atoms with E-state index < -0.39 is 21.6 Å². The number of rotatable bonds is 13. The van der Waals surface area contributed by atoms with Gasteiger partial charge < -0.3 is 14.6 Å². The van der Waals surface area contributed by atoms with Crippen LogP contribution < -0.4 is 19.7 Å². The molecule has 0 aliphatic carbocycles. The number of unbranched alkanes of at least 4 members (excludes halogenated alkanes) is 3. The normalized spacial score (nSPS) is 11.8. The van der Waals surface area contributed by atoms with Crippen LogP contribution in [0.4, 0.5) is 28.4 Å². The Morgan fingerprint density at radius 1 is 0.957 bits per heavy atom. The van der Waals surface area contributed by atoms with Gasteiger partial charge in [-0.2, -0.15) is 21.6 Å². The van der Waals surface area contributed by atoms with Gasteiger partial charge in [0.15, 0.2) is 0 Å². The van der Waals surface area contributed by atoms with Crippen molar-refractivity contribution in [2.24, 2.45) is 0 Å². The molecule has 0 bridgehead atoms. The Hall–Kier alpha value is -4.59. The van der Waals surface area contributed by atoms with Crippen LogP contribution in [0.2, 0.25) is 0 Å². The van der Waals surface area contributed by atoms with Gasteiger partial charge in [0.25, 0.3) is 0 Å². The van der Waals surface area contributed by atoms with Crippen molar-refractivity contribution in [3.05, 3.63) is 78.1 Å². The molecule has 0 aliphatic heterocycles. The van der Waals surface area contributed by atoms with Crippen LogP contribution in [0, 0.1) is 0 Å². The Kier molecular flexibility index (Phi) is 11.5. The van der Waals surface area contributed by atoms with E-state index in [0.29, 0.717) is 24.2 Å². The second-order valence-electron chi connectivity index (χ2n) is 10.9. The number of alkyl halides is 3. The number of halogens is 3. The molecule has 0 radical (unpaired) electrons. The van der Waals surface area contributed by atoms with E-state index in [-0.39, 0.29) is 11.8 Å². The monoisotopic (exact) mass is 673 g/mol. The first-order valence-corrected chi connectivity index (χ1v) is 16.8. The van der Waals surface area contributed by atoms with Gasteiger partial charge in [-0.05, 0) is 48.2 Å². The standard InChI is InChI=1S/C33H38F3N5O5S/c1-4-6-10-20-40(31(42)37-3)25-18-19-28-27(21-25)38-30(13-7-5-2)41(28)22-23-14-16-24(17-15-23)26-11-8-9-12-29(26)46-32(43)39-47(44,45)33(34,35)36/h8-9,11-12,14-19,21H,4-7,10,13,20,22H2,1-3H3,(H,37,42)(H,39,43). The molecule has 47 heavy (non-hydrogen) atoms. The van der Waals surface area contributed by atoms with E-state index in [0.717, 1.165) is 71.4 Å². The summed E-state index contributed by atoms with van der Waals surface area (Å²) in [6, 6.07) is 19.1. The van der Waals surface area contributed by atoms with Crippen molar-refractivity contribution in [1.82, 2.24) is 19.6 Å². The molecule has 0 spiro atoms. The number of benzene rings is 3. The first kappa shape index (κ1) is 35.3. The molecular weight excluding hydrogens is 635 g/mol. The number of imidazole rings is 1. The molecule has 14 heteroatoms. The second-order valence-corrected chi connectivity index (χ2v) is 12.6. The van der Waals surface area contributed by atoms with Crippen molar-refractivity contribution in [1.29, 1.82) is 0 Å². The number of sulfonamides is 1. The number of fused-ring (bicyclic) bond motifs is 1. The van der Waals surface area contributed by atoms with E-state index in [1.54, 1.807) is 36.2 Å². The Morgan fingerprint density at radius 3 is 2.32 bits per heavy atom. The number of ether oxygens (including phenoxy) is 1. The highest BCUT2D eigenvalue weighted by Gasteiger charge is 2.47. The SMILES string of the molecule is CCCCCN(C(=O)NC)c1ccc2c(c1)nc(CCCC)n2Cc1ccc(-c2ccccc2OC(=O)NS(=O)(=O)C(F)(F)F)cc1. The lowest BCUT2D eigenvalue weighted by Crippen LogP contribution is -2.41. The number of anilines is 1. The van der Waals surface area contributed by atoms with Gasteiger partial charge in [-0.3, -0.25) is 4.90 Å². The summed E-state index contributed by atoms with van der Waals surface area (Å²) < 4.78 is 68.7. The first-order valence-electron chi connectivity index (χ1n) is 15.4. The van der Waals surface area contributed by atoms with E-state index in [2.05, 4.69) is 23.7 Å². The summed E-state index contributed by atoms with van der Waals surface area (Å²) in [5.41, 5.74) is -1.27. The van der Waals surface area contributed by atoms with Crippen molar-refractivity contribution in [3.63, 3.8) is 0 Å². The molecule has 4 rings (SSSR count). The molecule has 0 atom stereocenters. The highest BCUT2D eigenvalue weighted by molar-refractivity contribution is 7.90. The first-order chi connectivity index (χ1) is 22.4. The number of amides is 3. The number of para-hydroxylation sites is 1. The summed E-state index contributed by atoms with van der Waals surface area (Å²) in [6.45, 7) is 5.33. The van der Waals surface area contributed by atoms with Gasteiger partial charge in [0.1, 0.15) is 11.6 Å². The van der Waals surface area contributed by atoms with Crippen LogP contribution >= 0.6 is 0 Å². The van der Waals surface area contributed by atoms with Crippen molar-refractivity contribution in [2.75, 3.05) is 18.5 Å². The van der Waals surface area contributed by atoms with Gasteiger partial charge in [0, 0.05) is 37.8 Å². The van der Waals surface area contributed by atoms with Crippen molar-refractivity contribution < 1.29 is 35.9 Å². The van der Waals surface area contributed by atoms with Crippen molar-refractivity contribution in [2.45, 2.75) is 64.4 Å². The van der Waals surface area contributed by atoms with Crippen LogP contribution in [0.5, 0.6) is 5.75 Å². The summed E-state index contributed by atoms with van der Waals surface area (Å²) in [4.78, 5) is 31.4. The van der Waals surface area contributed by atoms with E-state index in [1.165, 1.54) is 12.1 Å². The van der Waals surface area contributed by atoms with Gasteiger partial charge in [0.05, 0.1) is 11.0 Å². The molecule has 0 saturated heterocycles. The van der Waals surface area contributed by atoms with Crippen LogP contribution in [-0.4, -0.2) is 49.2 Å². The number of carbonyl (C=O) groups is 2. The minimum absolute atomic E-state index is 0.117. The lowest BCUT2D eigenvalue weighted by atomic mass is 10.0. The van der Waals surface area contributed by atoms with Crippen LogP contribution in [0.15, 0.2) is 66.7 Å². The summed E-state index contributed by atoms with van der Waals surface area (Å²) in [5.74, 6) is 0.799. The van der Waals surface area contributed by atoms with Gasteiger partial charge >= 0.3 is 27.7 Å². The zero-order valence-corrected chi connectivity index (χ0v) is 27.2. The highest BCUT2D eigenvalue weighted by atomic mass is 32.2. The number of hydrogen-bond donors (Lipinski definition) is 2. The third kappa shape index (κ3) is 8.61. The van der Waals surface area contributed by atoms with E-state index in [1.807, 2.05) is 30.3 Å². The molecule has 3 aromatic carbocycles. The molecule has 3 amide bonds. The lowest BCUT2D eigenvalue weighted by Gasteiger charge is -2.22. The van der Waals surface area contributed by atoms with Crippen LogP contribution in [0.3, 0.4) is 0 Å². The molecule has 2 N–H and O–H groups in total. The molecule has 4 aromatic rings. The maximum Gasteiger partial charge on any atom is 0.516 e. The number of aryl methyl sites for hydroxylation is 1. The number of nitrogens with zero attached hydrogens (tertiary/aromatic N) is 3. The molecule has 10 nitrogen and oxygen atoms in total. The molecule has 1 heterocycles. The summed E-state index contributed by atoms with van der Waals surface area (Å²) >= 11 is 0. The van der Waals surface area contributed by atoms with E-state index >= 15 is 0 Å². The fraction of sp³-hybridized carbons (Fsp3) is 0.364. The minimum atomic E-state index is -5.92. The Labute approximate surface area is 272 Å². The van der Waals surface area contributed by atoms with E-state index in [4.69, 9.17) is 9.72 Å². The van der Waals surface area contributed by atoms with Crippen molar-refractivity contribution in [3.8, 4) is 16.9 Å². The highest BCUT2D eigenvalue weighted by Crippen LogP contribution is 2.31. The fourth-order valence-corrected chi connectivity index (χ4v) is 5.47. The predicted molar refractivity (Wildman–Crippen MR) is 175 cm³/mol. The number of hydrogen-bond acceptors (Lipinski definition) is 6. The van der Waals surface area contributed by atoms with Crippen molar-refractivity contribution >= 4 is 38.9 Å². The summed E-state index contributed by atoms with van der Waals surface area (Å²) in [7, 11) is -4.30. The largest absolute Gasteiger partial charge is 0.516 e. The number of aromatic nitrogens is 2. The molecule has 0 saturated carbocycles. The maximum atomic E-state index is 12.7. The third-order valence-electron chi connectivity index (χ3n) is 7.54. The zero-order chi connectivity index (χ0) is 34.2. The Balaban J connectivity index is 1.59. The molecule has 0 unspecified atom stereocenters. The molecule has 1 aromatic heterocycles. The van der Waals surface area contributed by atoms with Crippen LogP contribution in [0.1, 0.15) is 57.3 Å². The Morgan fingerprint density at radius 2 is 1.66 bits per heavy atom. The van der Waals surface area contributed by atoms with Gasteiger partial charge in [-0.15, -0.1) is 0 Å². The number of nitrogens with one attached hydrogen (secondary N) is 2. The average Bonchev–Trinajstić information content (AvgIpc) is 3.37. The third-order valence-corrected chi connectivity index (χ3v) is 8.58. The van der Waals surface area contributed by atoms with Crippen LogP contribution in [0.25, 0.3) is 22.2 Å². The molecular formula is C33H38F3N5O5S. The summed E-state index contributed by atoms with van der Waals surface area (Å²) in [6.07, 6.45) is 3.88. The second kappa shape index (κ2) is 15.3. The average molecular weight is 674 g/mol. The minimum Gasteiger partial charge on any atom is -0.409 e. The van der Waals surface area contributed by atoms with Gasteiger partial charge in [0.2, 0.25) is 0 Å². The smallest absolute Gasteiger partial charge is 0.409 e. The summed E-state index contributed by atoms with van der Waals surface area (Å²) in [5, 5.41) is 2.73. The van der Waals surface area contributed by atoms with Gasteiger partial charge in [-0.25, -0.2) is 19.3 Å². The molecule has 0 fully saturated rings. The number of urea groups is 1. The Bertz CT molecular complexity index is 1810. The predicted octanol–water partition coefficient (Wildman–Crippen LogP) is 7.37. The van der Waals surface area contributed by atoms with E-state index in [9.17, 15) is 31.2 Å². The molecule has 0 aliphatic rings. The zero-order valence-electron chi connectivity index (χ0n) is 26.4.